The Morgan fingerprint density at radius 1 is 1.04 bits per heavy atom. The summed E-state index contributed by atoms with van der Waals surface area (Å²) in [4.78, 5) is 25.9. The van der Waals surface area contributed by atoms with Gasteiger partial charge >= 0.3 is 6.18 Å². The molecule has 0 aliphatic carbocycles. The third kappa shape index (κ3) is 3.85. The molecule has 3 nitrogen and oxygen atoms in total. The molecule has 1 aliphatic heterocycles. The number of rotatable bonds is 2. The van der Waals surface area contributed by atoms with Gasteiger partial charge in [-0.25, -0.2) is 4.90 Å². The van der Waals surface area contributed by atoms with Gasteiger partial charge in [0.25, 0.3) is 11.1 Å². The monoisotopic (exact) mass is 431 g/mol. The number of benzene rings is 2. The van der Waals surface area contributed by atoms with E-state index in [0.29, 0.717) is 38.9 Å². The predicted molar refractivity (Wildman–Crippen MR) is 101 cm³/mol. The third-order valence-electron chi connectivity index (χ3n) is 3.90. The lowest BCUT2D eigenvalue weighted by Gasteiger charge is -2.16. The van der Waals surface area contributed by atoms with Gasteiger partial charge in [0.2, 0.25) is 0 Å². The van der Waals surface area contributed by atoms with Crippen molar-refractivity contribution in [3.63, 3.8) is 0 Å². The number of hydrogen-bond donors (Lipinski definition) is 0. The Hall–Kier alpha value is -1.96. The molecule has 2 aromatic rings. The molecule has 9 heteroatoms. The molecule has 0 saturated carbocycles. The number of allylic oxidation sites excluding steroid dienone is 1. The number of thioether (sulfide) groups is 1. The second-order valence-corrected chi connectivity index (χ2v) is 7.44. The van der Waals surface area contributed by atoms with Gasteiger partial charge in [0.1, 0.15) is 0 Å². The zero-order valence-corrected chi connectivity index (χ0v) is 15.9. The maximum absolute atomic E-state index is 13.1. The average Bonchev–Trinajstić information content (AvgIpc) is 2.89. The summed E-state index contributed by atoms with van der Waals surface area (Å²) >= 11 is 12.1. The van der Waals surface area contributed by atoms with Crippen LogP contribution < -0.4 is 4.90 Å². The number of halogens is 5. The molecule has 27 heavy (non-hydrogen) atoms. The van der Waals surface area contributed by atoms with Crippen LogP contribution in [0, 0.1) is 0 Å². The third-order valence-corrected chi connectivity index (χ3v) is 5.52. The number of alkyl halides is 3. The number of imide groups is 1. The highest BCUT2D eigenvalue weighted by molar-refractivity contribution is 8.19. The van der Waals surface area contributed by atoms with Crippen molar-refractivity contribution in [3.8, 4) is 0 Å². The van der Waals surface area contributed by atoms with Crippen LogP contribution >= 0.6 is 35.0 Å². The van der Waals surface area contributed by atoms with Crippen molar-refractivity contribution in [1.29, 1.82) is 0 Å². The molecular weight excluding hydrogens is 422 g/mol. The summed E-state index contributed by atoms with van der Waals surface area (Å²) in [5, 5.41) is -0.676. The topological polar surface area (TPSA) is 37.4 Å². The first-order valence-electron chi connectivity index (χ1n) is 7.49. The Kier molecular flexibility index (Phi) is 5.29. The van der Waals surface area contributed by atoms with E-state index in [9.17, 15) is 22.8 Å². The van der Waals surface area contributed by atoms with Crippen molar-refractivity contribution in [1.82, 2.24) is 0 Å². The molecule has 1 saturated heterocycles. The number of anilines is 1. The van der Waals surface area contributed by atoms with Crippen molar-refractivity contribution in [2.24, 2.45) is 0 Å². The van der Waals surface area contributed by atoms with Gasteiger partial charge in [-0.3, -0.25) is 9.59 Å². The normalized spacial score (nSPS) is 16.9. The second kappa shape index (κ2) is 7.22. The van der Waals surface area contributed by atoms with Crippen LogP contribution in [0.2, 0.25) is 10.0 Å². The van der Waals surface area contributed by atoms with E-state index in [1.165, 1.54) is 6.07 Å². The van der Waals surface area contributed by atoms with Crippen LogP contribution in [0.15, 0.2) is 47.4 Å². The molecular formula is C18H10Cl2F3NO2S. The first-order chi connectivity index (χ1) is 12.6. The van der Waals surface area contributed by atoms with Gasteiger partial charge in [-0.2, -0.15) is 13.2 Å². The fourth-order valence-electron chi connectivity index (χ4n) is 2.52. The molecule has 0 N–H and O–H groups in total. The molecule has 0 atom stereocenters. The van der Waals surface area contributed by atoms with Crippen LogP contribution in [0.5, 0.6) is 0 Å². The number of carbonyl (C=O) groups excluding carboxylic acids is 2. The molecule has 1 fully saturated rings. The Morgan fingerprint density at radius 2 is 1.67 bits per heavy atom. The molecule has 140 valence electrons. The zero-order chi connectivity index (χ0) is 19.9. The second-order valence-electron chi connectivity index (χ2n) is 5.63. The Bertz CT molecular complexity index is 972. The molecule has 0 aromatic heterocycles. The highest BCUT2D eigenvalue weighted by Crippen LogP contribution is 2.42. The quantitative estimate of drug-likeness (QED) is 0.499. The molecule has 0 spiro atoms. The maximum atomic E-state index is 13.1. The van der Waals surface area contributed by atoms with E-state index in [0.717, 1.165) is 6.07 Å². The van der Waals surface area contributed by atoms with Crippen LogP contribution in [0.25, 0.3) is 5.57 Å². The fourth-order valence-corrected chi connectivity index (χ4v) is 3.78. The van der Waals surface area contributed by atoms with Gasteiger partial charge in [-0.1, -0.05) is 35.3 Å². The lowest BCUT2D eigenvalue weighted by Crippen LogP contribution is -2.28. The van der Waals surface area contributed by atoms with Gasteiger partial charge < -0.3 is 0 Å². The minimum atomic E-state index is -4.70. The average molecular weight is 432 g/mol. The maximum Gasteiger partial charge on any atom is 0.417 e. The first kappa shape index (κ1) is 19.8. The zero-order valence-electron chi connectivity index (χ0n) is 13.6. The van der Waals surface area contributed by atoms with E-state index in [-0.39, 0.29) is 10.6 Å². The van der Waals surface area contributed by atoms with Gasteiger partial charge in [0.05, 0.1) is 21.2 Å². The lowest BCUT2D eigenvalue weighted by atomic mass is 10.1. The lowest BCUT2D eigenvalue weighted by molar-refractivity contribution is -0.137. The van der Waals surface area contributed by atoms with Crippen LogP contribution in [0.3, 0.4) is 0 Å². The smallest absolute Gasteiger partial charge is 0.268 e. The summed E-state index contributed by atoms with van der Waals surface area (Å²) in [6.07, 6.45) is -4.70. The van der Waals surface area contributed by atoms with E-state index in [4.69, 9.17) is 23.2 Å². The molecule has 0 bridgehead atoms. The van der Waals surface area contributed by atoms with E-state index < -0.39 is 27.9 Å². The number of amides is 2. The molecule has 2 aromatic carbocycles. The minimum Gasteiger partial charge on any atom is -0.268 e. The molecule has 2 amide bonds. The van der Waals surface area contributed by atoms with Crippen LogP contribution in [-0.4, -0.2) is 11.1 Å². The van der Waals surface area contributed by atoms with Gasteiger partial charge in [-0.05, 0) is 60.2 Å². The molecule has 0 radical (unpaired) electrons. The molecule has 1 aliphatic rings. The Morgan fingerprint density at radius 3 is 2.26 bits per heavy atom. The van der Waals surface area contributed by atoms with Crippen LogP contribution in [0.1, 0.15) is 18.1 Å². The standard InChI is InChI=1S/C18H10Cl2F3NO2S/c1-9(10-2-4-11(19)5-3-10)15-16(25)24(17(26)27-15)12-6-7-14(20)13(8-12)18(21,22)23/h2-8H,1H3/b15-9-. The molecule has 1 heterocycles. The highest BCUT2D eigenvalue weighted by atomic mass is 35.5. The van der Waals surface area contributed by atoms with Crippen molar-refractivity contribution < 1.29 is 22.8 Å². The summed E-state index contributed by atoms with van der Waals surface area (Å²) in [6.45, 7) is 1.66. The summed E-state index contributed by atoms with van der Waals surface area (Å²) in [7, 11) is 0. The van der Waals surface area contributed by atoms with Crippen molar-refractivity contribution in [3.05, 3.63) is 68.5 Å². The Labute approximate surface area is 166 Å². The largest absolute Gasteiger partial charge is 0.417 e. The number of carbonyl (C=O) groups is 2. The molecule has 0 unspecified atom stereocenters. The minimum absolute atomic E-state index is 0.144. The summed E-state index contributed by atoms with van der Waals surface area (Å²) in [5.41, 5.74) is -0.0910. The fraction of sp³-hybridized carbons (Fsp3) is 0.111. The van der Waals surface area contributed by atoms with E-state index in [1.807, 2.05) is 0 Å². The predicted octanol–water partition coefficient (Wildman–Crippen LogP) is 6.64. The van der Waals surface area contributed by atoms with Gasteiger partial charge in [0.15, 0.2) is 0 Å². The number of nitrogens with zero attached hydrogens (tertiary/aromatic N) is 1. The summed E-state index contributed by atoms with van der Waals surface area (Å²) < 4.78 is 39.2. The van der Waals surface area contributed by atoms with E-state index >= 15 is 0 Å². The van der Waals surface area contributed by atoms with Crippen LogP contribution in [-0.2, 0) is 11.0 Å². The van der Waals surface area contributed by atoms with Gasteiger partial charge in [-0.15, -0.1) is 0 Å². The first-order valence-corrected chi connectivity index (χ1v) is 9.06. The van der Waals surface area contributed by atoms with Crippen molar-refractivity contribution in [2.75, 3.05) is 4.90 Å². The Balaban J connectivity index is 2.02. The van der Waals surface area contributed by atoms with E-state index in [1.54, 1.807) is 31.2 Å². The highest BCUT2D eigenvalue weighted by Gasteiger charge is 2.40. The van der Waals surface area contributed by atoms with Crippen molar-refractivity contribution >= 4 is 57.4 Å². The van der Waals surface area contributed by atoms with Gasteiger partial charge in [0, 0.05) is 5.02 Å². The molecule has 3 rings (SSSR count). The summed E-state index contributed by atoms with van der Waals surface area (Å²) in [5.74, 6) is -0.687. The number of hydrogen-bond acceptors (Lipinski definition) is 3. The van der Waals surface area contributed by atoms with Crippen LogP contribution in [0.4, 0.5) is 23.7 Å². The SMILES string of the molecule is C/C(=C1/SC(=O)N(c2ccc(Cl)c(C(F)(F)F)c2)C1=O)c1ccc(Cl)cc1. The van der Waals surface area contributed by atoms with E-state index in [2.05, 4.69) is 0 Å². The van der Waals surface area contributed by atoms with Crippen molar-refractivity contribution in [2.45, 2.75) is 13.1 Å². The summed E-state index contributed by atoms with van der Waals surface area (Å²) in [6, 6.07) is 9.57.